The smallest absolute Gasteiger partial charge is 0.308 e. The molecule has 9 nitrogen and oxygen atoms in total. The molecule has 0 aliphatic carbocycles. The second kappa shape index (κ2) is 10.4. The Morgan fingerprint density at radius 1 is 1.16 bits per heavy atom. The molecule has 2 saturated heterocycles. The number of amides is 1. The van der Waals surface area contributed by atoms with Crippen LogP contribution in [-0.2, 0) is 20.9 Å². The first kappa shape index (κ1) is 22.7. The Balaban J connectivity index is 1.40. The molecule has 10 heteroatoms. The summed E-state index contributed by atoms with van der Waals surface area (Å²) in [5, 5.41) is 9.61. The molecule has 2 aromatic heterocycles. The number of hydrogen-bond acceptors (Lipinski definition) is 8. The van der Waals surface area contributed by atoms with E-state index in [1.54, 1.807) is 6.26 Å². The van der Waals surface area contributed by atoms with Crippen LogP contribution < -0.4 is 4.90 Å². The monoisotopic (exact) mass is 461 g/mol. The van der Waals surface area contributed by atoms with Crippen LogP contribution in [0.1, 0.15) is 38.4 Å². The van der Waals surface area contributed by atoms with E-state index >= 15 is 0 Å². The summed E-state index contributed by atoms with van der Waals surface area (Å²) in [6, 6.07) is 3.81. The van der Waals surface area contributed by atoms with Gasteiger partial charge >= 0.3 is 5.97 Å². The third-order valence-corrected chi connectivity index (χ3v) is 7.32. The standard InChI is InChI=1S/C22H31N5O4S/c1-16-5-9-26(10-6-16)21-23-24-22(27(21)14-18-4-3-13-31-18)32-15-19(28)25-11-7-17(8-12-25)20(29)30-2/h3-4,13,16-17H,5-12,14-15H2,1-2H3. The summed E-state index contributed by atoms with van der Waals surface area (Å²) in [5.74, 6) is 2.44. The maximum atomic E-state index is 12.8. The average molecular weight is 462 g/mol. The third kappa shape index (κ3) is 5.28. The third-order valence-electron chi connectivity index (χ3n) is 6.36. The van der Waals surface area contributed by atoms with Crippen molar-refractivity contribution >= 4 is 29.6 Å². The topological polar surface area (TPSA) is 93.7 Å². The van der Waals surface area contributed by atoms with Crippen LogP contribution in [0.5, 0.6) is 0 Å². The Morgan fingerprint density at radius 2 is 1.91 bits per heavy atom. The Morgan fingerprint density at radius 3 is 2.56 bits per heavy atom. The van der Waals surface area contributed by atoms with Gasteiger partial charge in [0.15, 0.2) is 5.16 Å². The zero-order chi connectivity index (χ0) is 22.5. The van der Waals surface area contributed by atoms with Crippen LogP contribution >= 0.6 is 11.8 Å². The molecule has 174 valence electrons. The van der Waals surface area contributed by atoms with E-state index in [9.17, 15) is 9.59 Å². The van der Waals surface area contributed by atoms with E-state index in [1.807, 2.05) is 17.0 Å². The number of piperidine rings is 2. The van der Waals surface area contributed by atoms with Gasteiger partial charge in [0.05, 0.1) is 31.6 Å². The highest BCUT2D eigenvalue weighted by Gasteiger charge is 2.29. The van der Waals surface area contributed by atoms with Crippen LogP contribution in [0.2, 0.25) is 0 Å². The number of carbonyl (C=O) groups excluding carboxylic acids is 2. The van der Waals surface area contributed by atoms with Crippen molar-refractivity contribution in [2.75, 3.05) is 43.9 Å². The lowest BCUT2D eigenvalue weighted by molar-refractivity contribution is -0.148. The van der Waals surface area contributed by atoms with Crippen molar-refractivity contribution in [2.24, 2.45) is 11.8 Å². The van der Waals surface area contributed by atoms with E-state index in [0.717, 1.165) is 43.6 Å². The number of methoxy groups -OCH3 is 1. The molecule has 2 aliphatic heterocycles. The molecule has 4 rings (SSSR count). The fraction of sp³-hybridized carbons (Fsp3) is 0.636. The molecule has 0 atom stereocenters. The minimum absolute atomic E-state index is 0.0548. The predicted octanol–water partition coefficient (Wildman–Crippen LogP) is 2.66. The number of hydrogen-bond donors (Lipinski definition) is 0. The molecule has 0 saturated carbocycles. The van der Waals surface area contributed by atoms with Gasteiger partial charge in [-0.15, -0.1) is 10.2 Å². The molecule has 0 bridgehead atoms. The van der Waals surface area contributed by atoms with Gasteiger partial charge in [-0.2, -0.15) is 0 Å². The molecule has 32 heavy (non-hydrogen) atoms. The summed E-state index contributed by atoms with van der Waals surface area (Å²) in [7, 11) is 1.41. The summed E-state index contributed by atoms with van der Waals surface area (Å²) in [6.07, 6.45) is 5.23. The maximum absolute atomic E-state index is 12.8. The number of furan rings is 1. The highest BCUT2D eigenvalue weighted by atomic mass is 32.2. The van der Waals surface area contributed by atoms with Gasteiger partial charge in [-0.25, -0.2) is 0 Å². The molecule has 4 heterocycles. The Bertz CT molecular complexity index is 900. The Labute approximate surface area is 192 Å². The van der Waals surface area contributed by atoms with Crippen molar-refractivity contribution in [1.29, 1.82) is 0 Å². The lowest BCUT2D eigenvalue weighted by Crippen LogP contribution is -2.41. The zero-order valence-corrected chi connectivity index (χ0v) is 19.6. The minimum Gasteiger partial charge on any atom is -0.469 e. The van der Waals surface area contributed by atoms with Crippen LogP contribution in [0, 0.1) is 11.8 Å². The van der Waals surface area contributed by atoms with Crippen molar-refractivity contribution in [3.8, 4) is 0 Å². The van der Waals surface area contributed by atoms with Crippen molar-refractivity contribution in [2.45, 2.75) is 44.3 Å². The van der Waals surface area contributed by atoms with Gasteiger partial charge in [-0.1, -0.05) is 18.7 Å². The maximum Gasteiger partial charge on any atom is 0.308 e. The van der Waals surface area contributed by atoms with Crippen LogP contribution in [0.3, 0.4) is 0 Å². The summed E-state index contributed by atoms with van der Waals surface area (Å²) in [5.41, 5.74) is 0. The quantitative estimate of drug-likeness (QED) is 0.459. The molecular weight excluding hydrogens is 430 g/mol. The van der Waals surface area contributed by atoms with Crippen LogP contribution in [0.4, 0.5) is 5.95 Å². The molecule has 0 radical (unpaired) electrons. The number of likely N-dealkylation sites (tertiary alicyclic amines) is 1. The van der Waals surface area contributed by atoms with Crippen molar-refractivity contribution in [3.05, 3.63) is 24.2 Å². The first-order chi connectivity index (χ1) is 15.5. The number of ether oxygens (including phenoxy) is 1. The number of rotatable bonds is 7. The van der Waals surface area contributed by atoms with Gasteiger partial charge in [-0.05, 0) is 43.7 Å². The lowest BCUT2D eigenvalue weighted by Gasteiger charge is -2.31. The first-order valence-electron chi connectivity index (χ1n) is 11.2. The van der Waals surface area contributed by atoms with E-state index in [-0.39, 0.29) is 23.5 Å². The summed E-state index contributed by atoms with van der Waals surface area (Å²) < 4.78 is 12.4. The molecule has 2 aromatic rings. The van der Waals surface area contributed by atoms with E-state index < -0.39 is 0 Å². The molecule has 1 amide bonds. The largest absolute Gasteiger partial charge is 0.469 e. The highest BCUT2D eigenvalue weighted by Crippen LogP contribution is 2.28. The van der Waals surface area contributed by atoms with Crippen molar-refractivity contribution in [3.63, 3.8) is 0 Å². The van der Waals surface area contributed by atoms with E-state index in [2.05, 4.69) is 26.6 Å². The highest BCUT2D eigenvalue weighted by molar-refractivity contribution is 7.99. The molecule has 0 aromatic carbocycles. The lowest BCUT2D eigenvalue weighted by atomic mass is 9.97. The van der Waals surface area contributed by atoms with E-state index in [1.165, 1.54) is 18.9 Å². The Hall–Kier alpha value is -2.49. The van der Waals surface area contributed by atoms with Crippen LogP contribution in [0.25, 0.3) is 0 Å². The number of carbonyl (C=O) groups is 2. The van der Waals surface area contributed by atoms with E-state index in [0.29, 0.717) is 37.6 Å². The minimum atomic E-state index is -0.183. The van der Waals surface area contributed by atoms with Crippen molar-refractivity contribution in [1.82, 2.24) is 19.7 Å². The number of aromatic nitrogens is 3. The summed E-state index contributed by atoms with van der Waals surface area (Å²) in [6.45, 7) is 5.88. The summed E-state index contributed by atoms with van der Waals surface area (Å²) in [4.78, 5) is 28.6. The number of anilines is 1. The fourth-order valence-corrected chi connectivity index (χ4v) is 5.11. The average Bonchev–Trinajstić information content (AvgIpc) is 3.48. The normalized spacial score (nSPS) is 18.2. The Kier molecular flexibility index (Phi) is 7.39. The van der Waals surface area contributed by atoms with Crippen LogP contribution in [0.15, 0.2) is 28.0 Å². The van der Waals surface area contributed by atoms with Gasteiger partial charge < -0.3 is 19.0 Å². The molecule has 0 N–H and O–H groups in total. The fourth-order valence-electron chi connectivity index (χ4n) is 4.28. The van der Waals surface area contributed by atoms with Gasteiger partial charge in [0.25, 0.3) is 0 Å². The second-order valence-corrected chi connectivity index (χ2v) is 9.53. The van der Waals surface area contributed by atoms with Crippen molar-refractivity contribution < 1.29 is 18.7 Å². The van der Waals surface area contributed by atoms with Gasteiger partial charge in [0.2, 0.25) is 11.9 Å². The van der Waals surface area contributed by atoms with Gasteiger partial charge in [0.1, 0.15) is 5.76 Å². The summed E-state index contributed by atoms with van der Waals surface area (Å²) >= 11 is 1.41. The van der Waals surface area contributed by atoms with Crippen LogP contribution in [-0.4, -0.2) is 70.6 Å². The first-order valence-corrected chi connectivity index (χ1v) is 12.2. The second-order valence-electron chi connectivity index (χ2n) is 8.58. The SMILES string of the molecule is COC(=O)C1CCN(C(=O)CSc2nnc(N3CCC(C)CC3)n2Cc2ccco2)CC1. The zero-order valence-electron chi connectivity index (χ0n) is 18.7. The molecule has 0 unspecified atom stereocenters. The van der Waals surface area contributed by atoms with Gasteiger partial charge in [-0.3, -0.25) is 14.2 Å². The number of thioether (sulfide) groups is 1. The number of nitrogens with zero attached hydrogens (tertiary/aromatic N) is 5. The molecule has 2 fully saturated rings. The molecular formula is C22H31N5O4S. The molecule has 2 aliphatic rings. The van der Waals surface area contributed by atoms with Gasteiger partial charge in [0, 0.05) is 26.2 Å². The molecule has 0 spiro atoms. The number of esters is 1. The van der Waals surface area contributed by atoms with E-state index in [4.69, 9.17) is 9.15 Å². The predicted molar refractivity (Wildman–Crippen MR) is 120 cm³/mol.